The number of benzene rings is 2. The summed E-state index contributed by atoms with van der Waals surface area (Å²) in [6, 6.07) is 14.0. The molecule has 7 heteroatoms. The maximum atomic E-state index is 13.0. The minimum absolute atomic E-state index is 0.0301. The molecule has 1 N–H and O–H groups in total. The zero-order chi connectivity index (χ0) is 31.4. The van der Waals surface area contributed by atoms with E-state index in [1.807, 2.05) is 49.4 Å². The topological polar surface area (TPSA) is 91.7 Å². The van der Waals surface area contributed by atoms with Crippen molar-refractivity contribution >= 4 is 23.0 Å². The van der Waals surface area contributed by atoms with Crippen LogP contribution in [0.2, 0.25) is 0 Å². The normalized spacial score (nSPS) is 20.8. The Balaban J connectivity index is 1.34. The quantitative estimate of drug-likeness (QED) is 0.359. The summed E-state index contributed by atoms with van der Waals surface area (Å²) in [5.41, 5.74) is 8.73. The minimum Gasteiger partial charge on any atom is -0.489 e. The summed E-state index contributed by atoms with van der Waals surface area (Å²) < 4.78 is 11.6. The zero-order valence-corrected chi connectivity index (χ0v) is 26.1. The first-order chi connectivity index (χ1) is 21.2. The lowest BCUT2D eigenvalue weighted by Crippen LogP contribution is -2.38. The monoisotopic (exact) mass is 591 g/mol. The molecule has 228 valence electrons. The van der Waals surface area contributed by atoms with Crippen LogP contribution in [0.4, 0.5) is 0 Å². The Hall–Kier alpha value is -4.41. The van der Waals surface area contributed by atoms with Crippen molar-refractivity contribution in [3.05, 3.63) is 100 Å². The Morgan fingerprint density at radius 1 is 1.11 bits per heavy atom. The van der Waals surface area contributed by atoms with E-state index in [0.717, 1.165) is 47.1 Å². The van der Waals surface area contributed by atoms with E-state index < -0.39 is 0 Å². The SMILES string of the molecule is C=C/C=C(\C1=C(C)C=C(c2ccc(C(=O)NC3CCN(C(C)=O)C3)cc2C)C1C)c1ccc(OC2CCOCC2)c(C#N)c1. The highest BCUT2D eigenvalue weighted by atomic mass is 16.5. The molecule has 7 nitrogen and oxygen atoms in total. The van der Waals surface area contributed by atoms with Crippen LogP contribution in [0.15, 0.2) is 72.4 Å². The number of allylic oxidation sites excluding steroid dienone is 7. The summed E-state index contributed by atoms with van der Waals surface area (Å²) >= 11 is 0. The molecule has 0 radical (unpaired) electrons. The van der Waals surface area contributed by atoms with Crippen LogP contribution in [-0.4, -0.2) is 55.2 Å². The van der Waals surface area contributed by atoms with Crippen LogP contribution in [0.5, 0.6) is 5.75 Å². The second kappa shape index (κ2) is 13.5. The lowest BCUT2D eigenvalue weighted by atomic mass is 9.83. The van der Waals surface area contributed by atoms with Crippen LogP contribution in [-0.2, 0) is 9.53 Å². The number of amides is 2. The number of likely N-dealkylation sites (tertiary alicyclic amines) is 1. The molecule has 3 aliphatic rings. The van der Waals surface area contributed by atoms with Crippen molar-refractivity contribution in [2.45, 2.75) is 59.1 Å². The summed E-state index contributed by atoms with van der Waals surface area (Å²) in [4.78, 5) is 26.5. The van der Waals surface area contributed by atoms with Gasteiger partial charge in [0.2, 0.25) is 5.91 Å². The van der Waals surface area contributed by atoms with Crippen molar-refractivity contribution in [3.8, 4) is 11.8 Å². The van der Waals surface area contributed by atoms with E-state index in [2.05, 4.69) is 37.9 Å². The smallest absolute Gasteiger partial charge is 0.251 e. The van der Waals surface area contributed by atoms with E-state index in [4.69, 9.17) is 9.47 Å². The fourth-order valence-electron chi connectivity index (χ4n) is 6.57. The van der Waals surface area contributed by atoms with Crippen LogP contribution < -0.4 is 10.1 Å². The number of carbonyl (C=O) groups excluding carboxylic acids is 2. The van der Waals surface area contributed by atoms with Crippen LogP contribution >= 0.6 is 0 Å². The molecule has 2 unspecified atom stereocenters. The molecular formula is C37H41N3O4. The van der Waals surface area contributed by atoms with Crippen LogP contribution in [0.3, 0.4) is 0 Å². The number of nitrogens with one attached hydrogen (secondary N) is 1. The number of aryl methyl sites for hydroxylation is 1. The second-order valence-corrected chi connectivity index (χ2v) is 11.9. The first kappa shape index (κ1) is 31.0. The van der Waals surface area contributed by atoms with Crippen LogP contribution in [0, 0.1) is 24.2 Å². The molecule has 2 heterocycles. The third-order valence-corrected chi connectivity index (χ3v) is 8.91. The number of hydrogen-bond donors (Lipinski definition) is 1. The van der Waals surface area contributed by atoms with Crippen molar-refractivity contribution in [2.24, 2.45) is 5.92 Å². The molecular weight excluding hydrogens is 550 g/mol. The van der Waals surface area contributed by atoms with E-state index in [-0.39, 0.29) is 29.9 Å². The van der Waals surface area contributed by atoms with Gasteiger partial charge < -0.3 is 19.7 Å². The first-order valence-electron chi connectivity index (χ1n) is 15.4. The van der Waals surface area contributed by atoms with E-state index in [0.29, 0.717) is 43.2 Å². The number of nitriles is 1. The zero-order valence-electron chi connectivity index (χ0n) is 26.1. The molecule has 0 spiro atoms. The third kappa shape index (κ3) is 6.56. The van der Waals surface area contributed by atoms with E-state index in [9.17, 15) is 14.9 Å². The molecule has 2 aromatic carbocycles. The Labute approximate surface area is 260 Å². The van der Waals surface area contributed by atoms with Crippen molar-refractivity contribution in [3.63, 3.8) is 0 Å². The third-order valence-electron chi connectivity index (χ3n) is 8.91. The number of hydrogen-bond acceptors (Lipinski definition) is 5. The minimum atomic E-state index is -0.118. The molecule has 0 bridgehead atoms. The highest BCUT2D eigenvalue weighted by molar-refractivity contribution is 5.96. The van der Waals surface area contributed by atoms with Crippen molar-refractivity contribution < 1.29 is 19.1 Å². The summed E-state index contributed by atoms with van der Waals surface area (Å²) in [5.74, 6) is 0.609. The van der Waals surface area contributed by atoms with Gasteiger partial charge in [0.25, 0.3) is 5.91 Å². The van der Waals surface area contributed by atoms with Gasteiger partial charge in [-0.2, -0.15) is 5.26 Å². The Morgan fingerprint density at radius 3 is 2.52 bits per heavy atom. The molecule has 2 fully saturated rings. The van der Waals surface area contributed by atoms with Crippen molar-refractivity contribution in [1.82, 2.24) is 10.2 Å². The van der Waals surface area contributed by atoms with Crippen LogP contribution in [0.1, 0.15) is 72.6 Å². The lowest BCUT2D eigenvalue weighted by Gasteiger charge is -2.24. The van der Waals surface area contributed by atoms with Crippen molar-refractivity contribution in [2.75, 3.05) is 26.3 Å². The van der Waals surface area contributed by atoms with Crippen molar-refractivity contribution in [1.29, 1.82) is 5.26 Å². The molecule has 0 saturated carbocycles. The predicted molar refractivity (Wildman–Crippen MR) is 173 cm³/mol. The van der Waals surface area contributed by atoms with Gasteiger partial charge in [0.1, 0.15) is 17.9 Å². The Bertz CT molecular complexity index is 1600. The van der Waals surface area contributed by atoms with E-state index >= 15 is 0 Å². The molecule has 2 atom stereocenters. The second-order valence-electron chi connectivity index (χ2n) is 11.9. The maximum absolute atomic E-state index is 13.0. The number of rotatable bonds is 8. The fourth-order valence-corrected chi connectivity index (χ4v) is 6.57. The molecule has 44 heavy (non-hydrogen) atoms. The van der Waals surface area contributed by atoms with Gasteiger partial charge >= 0.3 is 0 Å². The van der Waals surface area contributed by atoms with Gasteiger partial charge in [-0.05, 0) is 83.5 Å². The first-order valence-corrected chi connectivity index (χ1v) is 15.4. The average molecular weight is 592 g/mol. The maximum Gasteiger partial charge on any atom is 0.251 e. The largest absolute Gasteiger partial charge is 0.489 e. The van der Waals surface area contributed by atoms with Gasteiger partial charge in [0, 0.05) is 50.4 Å². The fraction of sp³-hybridized carbons (Fsp3) is 0.378. The average Bonchev–Trinajstić information content (AvgIpc) is 3.60. The molecule has 2 amide bonds. The van der Waals surface area contributed by atoms with Gasteiger partial charge in [0.15, 0.2) is 0 Å². The van der Waals surface area contributed by atoms with Crippen LogP contribution in [0.25, 0.3) is 11.1 Å². The summed E-state index contributed by atoms with van der Waals surface area (Å²) in [5, 5.41) is 13.1. The van der Waals surface area contributed by atoms with E-state index in [1.54, 1.807) is 17.9 Å². The Morgan fingerprint density at radius 2 is 1.86 bits per heavy atom. The van der Waals surface area contributed by atoms with Gasteiger partial charge in [-0.15, -0.1) is 0 Å². The molecule has 2 aromatic rings. The standard InChI is InChI=1S/C37H41N3O4/c1-6-7-33(27-9-11-35(29(20-27)21-38)44-31-13-16-43-17-14-31)36-24(3)19-34(25(36)4)32-10-8-28(18-23(32)2)37(42)39-30-12-15-40(22-30)26(5)41/h6-11,18-20,25,30-31H,1,12-17,22H2,2-5H3,(H,39,42)/b33-7-. The molecule has 0 aromatic heterocycles. The van der Waals surface area contributed by atoms with Gasteiger partial charge in [-0.3, -0.25) is 9.59 Å². The van der Waals surface area contributed by atoms with Gasteiger partial charge in [-0.25, -0.2) is 0 Å². The highest BCUT2D eigenvalue weighted by Gasteiger charge is 2.29. The lowest BCUT2D eigenvalue weighted by molar-refractivity contribution is -0.127. The summed E-state index contributed by atoms with van der Waals surface area (Å²) in [6.45, 7) is 14.5. The number of carbonyl (C=O) groups is 2. The highest BCUT2D eigenvalue weighted by Crippen LogP contribution is 2.45. The molecule has 1 aliphatic carbocycles. The number of nitrogens with zero attached hydrogens (tertiary/aromatic N) is 2. The summed E-state index contributed by atoms with van der Waals surface area (Å²) in [6.07, 6.45) is 8.48. The Kier molecular flexibility index (Phi) is 9.51. The molecule has 2 aliphatic heterocycles. The molecule has 2 saturated heterocycles. The number of ether oxygens (including phenoxy) is 2. The molecule has 5 rings (SSSR count). The summed E-state index contributed by atoms with van der Waals surface area (Å²) in [7, 11) is 0. The van der Waals surface area contributed by atoms with E-state index in [1.165, 1.54) is 11.1 Å². The van der Waals surface area contributed by atoms with Gasteiger partial charge in [-0.1, -0.05) is 43.9 Å². The van der Waals surface area contributed by atoms with Gasteiger partial charge in [0.05, 0.1) is 18.8 Å². The predicted octanol–water partition coefficient (Wildman–Crippen LogP) is 6.39.